The maximum Gasteiger partial charge on any atom is 0.155 e. The molecule has 0 saturated heterocycles. The molecule has 0 radical (unpaired) electrons. The van der Waals surface area contributed by atoms with Gasteiger partial charge in [-0.15, -0.1) is 0 Å². The molecule has 1 saturated carbocycles. The van der Waals surface area contributed by atoms with E-state index in [9.17, 15) is 5.11 Å². The van der Waals surface area contributed by atoms with Gasteiger partial charge in [0, 0.05) is 37.1 Å². The van der Waals surface area contributed by atoms with E-state index in [0.717, 1.165) is 49.3 Å². The molecule has 2 aromatic rings. The van der Waals surface area contributed by atoms with Crippen LogP contribution in [0, 0.1) is 12.8 Å². The zero-order chi connectivity index (χ0) is 13.2. The van der Waals surface area contributed by atoms with Crippen molar-refractivity contribution >= 4 is 5.65 Å². The first-order valence-corrected chi connectivity index (χ1v) is 6.92. The summed E-state index contributed by atoms with van der Waals surface area (Å²) in [6.07, 6.45) is 6.99. The first-order chi connectivity index (χ1) is 9.22. The highest BCUT2D eigenvalue weighted by Crippen LogP contribution is 2.24. The van der Waals surface area contributed by atoms with E-state index in [1.165, 1.54) is 0 Å². The number of aliphatic hydroxyl groups excluding tert-OH is 1. The van der Waals surface area contributed by atoms with Crippen molar-refractivity contribution < 1.29 is 5.11 Å². The Morgan fingerprint density at radius 2 is 2.37 bits per heavy atom. The van der Waals surface area contributed by atoms with Crippen molar-refractivity contribution in [1.82, 2.24) is 19.9 Å². The Morgan fingerprint density at radius 3 is 3.16 bits per heavy atom. The standard InChI is InChI=1S/C14H20N4O/c1-10-5-14-16-7-11(9-18(14)17-10)6-15-8-12-3-2-4-13(12)19/h5,7,9,12-13,15,19H,2-4,6,8H2,1H3. The molecule has 0 amide bonds. The monoisotopic (exact) mass is 260 g/mol. The van der Waals surface area contributed by atoms with Crippen LogP contribution in [0.3, 0.4) is 0 Å². The molecule has 5 heteroatoms. The Labute approximate surface area is 112 Å². The van der Waals surface area contributed by atoms with Crippen molar-refractivity contribution in [2.75, 3.05) is 6.54 Å². The third kappa shape index (κ3) is 2.77. The first kappa shape index (κ1) is 12.6. The molecule has 0 bridgehead atoms. The average molecular weight is 260 g/mol. The second-order valence-electron chi connectivity index (χ2n) is 5.44. The van der Waals surface area contributed by atoms with E-state index in [-0.39, 0.29) is 6.10 Å². The molecule has 1 fully saturated rings. The molecule has 2 N–H and O–H groups in total. The molecule has 5 nitrogen and oxygen atoms in total. The molecular weight excluding hydrogens is 240 g/mol. The molecule has 0 aliphatic heterocycles. The van der Waals surface area contributed by atoms with Crippen molar-refractivity contribution in [3.8, 4) is 0 Å². The van der Waals surface area contributed by atoms with Gasteiger partial charge in [-0.1, -0.05) is 6.42 Å². The number of hydrogen-bond acceptors (Lipinski definition) is 4. The van der Waals surface area contributed by atoms with E-state index < -0.39 is 0 Å². The van der Waals surface area contributed by atoms with Crippen LogP contribution in [0.4, 0.5) is 0 Å². The SMILES string of the molecule is Cc1cc2ncc(CNCC3CCCC3O)cn2n1. The fourth-order valence-corrected chi connectivity index (χ4v) is 2.78. The molecule has 3 rings (SSSR count). The molecule has 2 heterocycles. The van der Waals surface area contributed by atoms with Crippen LogP contribution >= 0.6 is 0 Å². The molecule has 0 aromatic carbocycles. The summed E-state index contributed by atoms with van der Waals surface area (Å²) < 4.78 is 1.82. The molecule has 2 unspecified atom stereocenters. The number of aryl methyl sites for hydroxylation is 1. The Hall–Kier alpha value is -1.46. The topological polar surface area (TPSA) is 62.5 Å². The number of aliphatic hydroxyl groups is 1. The largest absolute Gasteiger partial charge is 0.393 e. The summed E-state index contributed by atoms with van der Waals surface area (Å²) in [4.78, 5) is 4.38. The number of rotatable bonds is 4. The lowest BCUT2D eigenvalue weighted by Crippen LogP contribution is -2.27. The molecule has 19 heavy (non-hydrogen) atoms. The van der Waals surface area contributed by atoms with Crippen LogP contribution in [-0.2, 0) is 6.54 Å². The van der Waals surface area contributed by atoms with Gasteiger partial charge in [-0.2, -0.15) is 5.10 Å². The molecular formula is C14H20N4O. The van der Waals surface area contributed by atoms with Gasteiger partial charge in [-0.25, -0.2) is 9.50 Å². The first-order valence-electron chi connectivity index (χ1n) is 6.92. The van der Waals surface area contributed by atoms with Crippen molar-refractivity contribution in [2.24, 2.45) is 5.92 Å². The van der Waals surface area contributed by atoms with Crippen LogP contribution in [0.15, 0.2) is 18.5 Å². The average Bonchev–Trinajstić information content (AvgIpc) is 2.94. The van der Waals surface area contributed by atoms with Gasteiger partial charge >= 0.3 is 0 Å². The summed E-state index contributed by atoms with van der Waals surface area (Å²) >= 11 is 0. The summed E-state index contributed by atoms with van der Waals surface area (Å²) in [7, 11) is 0. The second-order valence-corrected chi connectivity index (χ2v) is 5.44. The number of nitrogens with zero attached hydrogens (tertiary/aromatic N) is 3. The van der Waals surface area contributed by atoms with Crippen LogP contribution in [0.1, 0.15) is 30.5 Å². The van der Waals surface area contributed by atoms with Gasteiger partial charge in [0.15, 0.2) is 5.65 Å². The Kier molecular flexibility index (Phi) is 3.48. The summed E-state index contributed by atoms with van der Waals surface area (Å²) in [5.41, 5.74) is 2.97. The maximum atomic E-state index is 9.76. The van der Waals surface area contributed by atoms with Gasteiger partial charge in [-0.3, -0.25) is 0 Å². The van der Waals surface area contributed by atoms with Crippen LogP contribution < -0.4 is 5.32 Å². The van der Waals surface area contributed by atoms with E-state index in [2.05, 4.69) is 15.4 Å². The van der Waals surface area contributed by atoms with Crippen molar-refractivity contribution in [2.45, 2.75) is 38.8 Å². The van der Waals surface area contributed by atoms with Crippen LogP contribution in [0.5, 0.6) is 0 Å². The minimum Gasteiger partial charge on any atom is -0.393 e. The molecule has 102 valence electrons. The summed E-state index contributed by atoms with van der Waals surface area (Å²) in [6, 6.07) is 1.96. The van der Waals surface area contributed by atoms with E-state index in [4.69, 9.17) is 0 Å². The number of hydrogen-bond donors (Lipinski definition) is 2. The Morgan fingerprint density at radius 1 is 1.47 bits per heavy atom. The third-order valence-corrected chi connectivity index (χ3v) is 3.84. The minimum absolute atomic E-state index is 0.123. The normalized spacial score (nSPS) is 23.3. The predicted molar refractivity (Wildman–Crippen MR) is 72.8 cm³/mol. The maximum absolute atomic E-state index is 9.76. The van der Waals surface area contributed by atoms with Crippen molar-refractivity contribution in [3.63, 3.8) is 0 Å². The lowest BCUT2D eigenvalue weighted by Gasteiger charge is -2.14. The molecule has 2 atom stereocenters. The lowest BCUT2D eigenvalue weighted by atomic mass is 10.1. The zero-order valence-corrected chi connectivity index (χ0v) is 11.2. The van der Waals surface area contributed by atoms with Crippen LogP contribution in [-0.4, -0.2) is 32.4 Å². The van der Waals surface area contributed by atoms with Gasteiger partial charge in [0.2, 0.25) is 0 Å². The summed E-state index contributed by atoms with van der Waals surface area (Å²) in [6.45, 7) is 3.61. The fraction of sp³-hybridized carbons (Fsp3) is 0.571. The van der Waals surface area contributed by atoms with Gasteiger partial charge in [-0.05, 0) is 25.7 Å². The minimum atomic E-state index is -0.123. The third-order valence-electron chi connectivity index (χ3n) is 3.84. The van der Waals surface area contributed by atoms with Crippen LogP contribution in [0.25, 0.3) is 5.65 Å². The van der Waals surface area contributed by atoms with Crippen molar-refractivity contribution in [1.29, 1.82) is 0 Å². The van der Waals surface area contributed by atoms with E-state index >= 15 is 0 Å². The number of fused-ring (bicyclic) bond motifs is 1. The highest BCUT2D eigenvalue weighted by Gasteiger charge is 2.24. The molecule has 2 aromatic heterocycles. The summed E-state index contributed by atoms with van der Waals surface area (Å²) in [5, 5.41) is 17.5. The van der Waals surface area contributed by atoms with Gasteiger partial charge < -0.3 is 10.4 Å². The van der Waals surface area contributed by atoms with Gasteiger partial charge in [0.25, 0.3) is 0 Å². The lowest BCUT2D eigenvalue weighted by molar-refractivity contribution is 0.131. The van der Waals surface area contributed by atoms with Crippen molar-refractivity contribution in [3.05, 3.63) is 29.7 Å². The quantitative estimate of drug-likeness (QED) is 0.869. The van der Waals surface area contributed by atoms with E-state index in [1.807, 2.05) is 29.9 Å². The van der Waals surface area contributed by atoms with E-state index in [1.54, 1.807) is 0 Å². The highest BCUT2D eigenvalue weighted by molar-refractivity contribution is 5.38. The summed E-state index contributed by atoms with van der Waals surface area (Å²) in [5.74, 6) is 0.406. The van der Waals surface area contributed by atoms with E-state index in [0.29, 0.717) is 5.92 Å². The predicted octanol–water partition coefficient (Wildman–Crippen LogP) is 1.29. The smallest absolute Gasteiger partial charge is 0.155 e. The Balaban J connectivity index is 1.58. The number of nitrogens with one attached hydrogen (secondary N) is 1. The zero-order valence-electron chi connectivity index (χ0n) is 11.2. The Bertz CT molecular complexity index is 566. The highest BCUT2D eigenvalue weighted by atomic mass is 16.3. The molecule has 0 spiro atoms. The van der Waals surface area contributed by atoms with Gasteiger partial charge in [0.1, 0.15) is 0 Å². The van der Waals surface area contributed by atoms with Gasteiger partial charge in [0.05, 0.1) is 11.8 Å². The molecule has 1 aliphatic carbocycles. The second kappa shape index (κ2) is 5.27. The van der Waals surface area contributed by atoms with Crippen LogP contribution in [0.2, 0.25) is 0 Å². The fourth-order valence-electron chi connectivity index (χ4n) is 2.78. The number of aromatic nitrogens is 3. The molecule has 1 aliphatic rings.